The van der Waals surface area contributed by atoms with Gasteiger partial charge in [-0.15, -0.1) is 0 Å². The molecule has 1 aromatic carbocycles. The van der Waals surface area contributed by atoms with Crippen molar-refractivity contribution in [3.05, 3.63) is 35.1 Å². The Kier molecular flexibility index (Phi) is 3.05. The van der Waals surface area contributed by atoms with Gasteiger partial charge in [0, 0.05) is 25.7 Å². The zero-order chi connectivity index (χ0) is 13.6. The second kappa shape index (κ2) is 4.60. The number of halogens is 1. The lowest BCUT2D eigenvalue weighted by atomic mass is 9.95. The number of aryl methyl sites for hydroxylation is 1. The van der Waals surface area contributed by atoms with Crippen molar-refractivity contribution in [2.45, 2.75) is 19.9 Å². The Morgan fingerprint density at radius 1 is 1.42 bits per heavy atom. The molecule has 1 amide bonds. The molecule has 1 aromatic rings. The van der Waals surface area contributed by atoms with E-state index in [0.717, 1.165) is 25.2 Å². The van der Waals surface area contributed by atoms with Gasteiger partial charge in [0.15, 0.2) is 0 Å². The maximum atomic E-state index is 13.9. The number of fused-ring (bicyclic) bond motifs is 1. The van der Waals surface area contributed by atoms with E-state index < -0.39 is 5.82 Å². The number of hydrogen-bond donors (Lipinski definition) is 1. The van der Waals surface area contributed by atoms with Crippen molar-refractivity contribution in [3.8, 4) is 0 Å². The molecule has 2 aliphatic heterocycles. The topological polar surface area (TPSA) is 32.3 Å². The van der Waals surface area contributed by atoms with Crippen LogP contribution in [0.4, 0.5) is 4.39 Å². The van der Waals surface area contributed by atoms with Crippen molar-refractivity contribution in [1.29, 1.82) is 0 Å². The number of carbonyl (C=O) groups excluding carboxylic acids is 1. The average molecular weight is 262 g/mol. The van der Waals surface area contributed by atoms with Gasteiger partial charge in [0.25, 0.3) is 5.91 Å². The van der Waals surface area contributed by atoms with Gasteiger partial charge in [0.05, 0.1) is 5.56 Å². The molecule has 0 aliphatic carbocycles. The molecule has 2 aliphatic rings. The van der Waals surface area contributed by atoms with E-state index in [1.807, 2.05) is 11.8 Å². The fourth-order valence-corrected chi connectivity index (χ4v) is 3.38. The van der Waals surface area contributed by atoms with Gasteiger partial charge < -0.3 is 10.2 Å². The number of nitrogens with zero attached hydrogens (tertiary/aromatic N) is 1. The van der Waals surface area contributed by atoms with Gasteiger partial charge in [-0.05, 0) is 43.4 Å². The number of hydrogen-bond acceptors (Lipinski definition) is 2. The highest BCUT2D eigenvalue weighted by Crippen LogP contribution is 2.33. The fraction of sp³-hybridized carbons (Fsp3) is 0.533. The Hall–Kier alpha value is -1.42. The Bertz CT molecular complexity index is 517. The van der Waals surface area contributed by atoms with Crippen LogP contribution < -0.4 is 5.32 Å². The lowest BCUT2D eigenvalue weighted by molar-refractivity contribution is 0.0724. The zero-order valence-corrected chi connectivity index (χ0v) is 11.3. The number of likely N-dealkylation sites (tertiary alicyclic amines) is 1. The van der Waals surface area contributed by atoms with E-state index in [0.29, 0.717) is 11.8 Å². The molecular weight excluding hydrogens is 243 g/mol. The first-order valence-corrected chi connectivity index (χ1v) is 6.86. The first-order chi connectivity index (χ1) is 9.08. The molecule has 0 aromatic heterocycles. The number of nitrogens with one attached hydrogen (secondary N) is 1. The second-order valence-electron chi connectivity index (χ2n) is 5.76. The lowest BCUT2D eigenvalue weighted by Gasteiger charge is -2.24. The van der Waals surface area contributed by atoms with Gasteiger partial charge in [-0.3, -0.25) is 4.79 Å². The summed E-state index contributed by atoms with van der Waals surface area (Å²) < 4.78 is 13.9. The molecule has 102 valence electrons. The lowest BCUT2D eigenvalue weighted by Crippen LogP contribution is -2.38. The Morgan fingerprint density at radius 2 is 2.21 bits per heavy atom. The summed E-state index contributed by atoms with van der Waals surface area (Å²) in [6, 6.07) is 5.01. The van der Waals surface area contributed by atoms with Gasteiger partial charge >= 0.3 is 0 Å². The summed E-state index contributed by atoms with van der Waals surface area (Å²) in [6.45, 7) is 6.57. The quantitative estimate of drug-likeness (QED) is 0.837. The molecule has 0 bridgehead atoms. The van der Waals surface area contributed by atoms with Gasteiger partial charge in [-0.1, -0.05) is 6.07 Å². The predicted octanol–water partition coefficient (Wildman–Crippen LogP) is 1.81. The largest absolute Gasteiger partial charge is 0.335 e. The molecule has 2 heterocycles. The summed E-state index contributed by atoms with van der Waals surface area (Å²) in [5, 5.41) is 3.36. The van der Waals surface area contributed by atoms with Gasteiger partial charge in [0.1, 0.15) is 5.82 Å². The molecule has 3 rings (SSSR count). The van der Waals surface area contributed by atoms with E-state index in [1.54, 1.807) is 12.1 Å². The molecule has 3 nitrogen and oxygen atoms in total. The Labute approximate surface area is 112 Å². The van der Waals surface area contributed by atoms with Crippen LogP contribution in [0.15, 0.2) is 18.2 Å². The number of carbonyl (C=O) groups is 1. The molecule has 19 heavy (non-hydrogen) atoms. The smallest absolute Gasteiger partial charge is 0.257 e. The maximum absolute atomic E-state index is 13.9. The standard InChI is InChI=1S/C15H19FN2O/c1-9-3-4-12(14(16)5-9)15(19)18-8-11-6-17-7-13(11)10(18)2/h3-5,10-11,13,17H,6-8H2,1-2H3. The Morgan fingerprint density at radius 3 is 2.89 bits per heavy atom. The third kappa shape index (κ3) is 2.04. The Balaban J connectivity index is 1.84. The molecule has 3 atom stereocenters. The summed E-state index contributed by atoms with van der Waals surface area (Å²) in [5.41, 5.74) is 1.04. The SMILES string of the molecule is Cc1ccc(C(=O)N2CC3CNCC3C2C)c(F)c1. The van der Waals surface area contributed by atoms with E-state index in [2.05, 4.69) is 12.2 Å². The number of rotatable bonds is 1. The van der Waals surface area contributed by atoms with Gasteiger partial charge in [0.2, 0.25) is 0 Å². The maximum Gasteiger partial charge on any atom is 0.257 e. The van der Waals surface area contributed by atoms with Gasteiger partial charge in [-0.2, -0.15) is 0 Å². The zero-order valence-electron chi connectivity index (χ0n) is 11.3. The van der Waals surface area contributed by atoms with Crippen molar-refractivity contribution >= 4 is 5.91 Å². The molecule has 1 N–H and O–H groups in total. The molecule has 0 radical (unpaired) electrons. The normalized spacial score (nSPS) is 29.6. The van der Waals surface area contributed by atoms with E-state index in [9.17, 15) is 9.18 Å². The fourth-order valence-electron chi connectivity index (χ4n) is 3.38. The van der Waals surface area contributed by atoms with E-state index >= 15 is 0 Å². The highest BCUT2D eigenvalue weighted by Gasteiger charge is 2.44. The van der Waals surface area contributed by atoms with Crippen LogP contribution in [0.25, 0.3) is 0 Å². The van der Waals surface area contributed by atoms with E-state index in [1.165, 1.54) is 6.07 Å². The first-order valence-electron chi connectivity index (χ1n) is 6.86. The molecule has 2 saturated heterocycles. The summed E-state index contributed by atoms with van der Waals surface area (Å²) in [7, 11) is 0. The van der Waals surface area contributed by atoms with Crippen molar-refractivity contribution in [2.75, 3.05) is 19.6 Å². The third-order valence-electron chi connectivity index (χ3n) is 4.55. The molecule has 0 spiro atoms. The van der Waals surface area contributed by atoms with Crippen LogP contribution in [0.5, 0.6) is 0 Å². The minimum atomic E-state index is -0.410. The average Bonchev–Trinajstić information content (AvgIpc) is 2.92. The first kappa shape index (κ1) is 12.6. The van der Waals surface area contributed by atoms with Crippen LogP contribution in [0.1, 0.15) is 22.8 Å². The van der Waals surface area contributed by atoms with Gasteiger partial charge in [-0.25, -0.2) is 4.39 Å². The predicted molar refractivity (Wildman–Crippen MR) is 71.5 cm³/mol. The molecule has 0 saturated carbocycles. The second-order valence-corrected chi connectivity index (χ2v) is 5.76. The third-order valence-corrected chi connectivity index (χ3v) is 4.55. The summed E-state index contributed by atoms with van der Waals surface area (Å²) in [5.74, 6) is 0.455. The molecule has 4 heteroatoms. The van der Waals surface area contributed by atoms with E-state index in [4.69, 9.17) is 0 Å². The molecular formula is C15H19FN2O. The van der Waals surface area contributed by atoms with E-state index in [-0.39, 0.29) is 17.5 Å². The van der Waals surface area contributed by atoms with Crippen LogP contribution >= 0.6 is 0 Å². The van der Waals surface area contributed by atoms with Crippen molar-refractivity contribution in [2.24, 2.45) is 11.8 Å². The highest BCUT2D eigenvalue weighted by molar-refractivity contribution is 5.95. The summed E-state index contributed by atoms with van der Waals surface area (Å²) in [6.07, 6.45) is 0. The summed E-state index contributed by atoms with van der Waals surface area (Å²) in [4.78, 5) is 14.3. The highest BCUT2D eigenvalue weighted by atomic mass is 19.1. The minimum absolute atomic E-state index is 0.167. The van der Waals surface area contributed by atoms with Crippen LogP contribution in [0, 0.1) is 24.6 Å². The molecule has 3 unspecified atom stereocenters. The van der Waals surface area contributed by atoms with Crippen LogP contribution in [0.3, 0.4) is 0 Å². The van der Waals surface area contributed by atoms with Crippen molar-refractivity contribution < 1.29 is 9.18 Å². The van der Waals surface area contributed by atoms with Crippen molar-refractivity contribution in [1.82, 2.24) is 10.2 Å². The summed E-state index contributed by atoms with van der Waals surface area (Å²) >= 11 is 0. The number of amides is 1. The van der Waals surface area contributed by atoms with Crippen LogP contribution in [-0.4, -0.2) is 36.5 Å². The van der Waals surface area contributed by atoms with Crippen LogP contribution in [0.2, 0.25) is 0 Å². The van der Waals surface area contributed by atoms with Crippen molar-refractivity contribution in [3.63, 3.8) is 0 Å². The number of benzene rings is 1. The molecule has 2 fully saturated rings. The monoisotopic (exact) mass is 262 g/mol. The minimum Gasteiger partial charge on any atom is -0.335 e. The van der Waals surface area contributed by atoms with Crippen LogP contribution in [-0.2, 0) is 0 Å².